The van der Waals surface area contributed by atoms with Crippen molar-refractivity contribution in [3.8, 4) is 34.8 Å². The molecule has 2 heterocycles. The molecule has 2 aliphatic rings. The van der Waals surface area contributed by atoms with Crippen molar-refractivity contribution in [3.05, 3.63) is 131 Å². The lowest BCUT2D eigenvalue weighted by molar-refractivity contribution is -0.152. The minimum atomic E-state index is -3.09. The highest BCUT2D eigenvalue weighted by Crippen LogP contribution is 2.41. The number of rotatable bonds is 32. The molecule has 0 amide bonds. The van der Waals surface area contributed by atoms with Crippen molar-refractivity contribution in [1.82, 2.24) is 0 Å². The second-order valence-corrected chi connectivity index (χ2v) is 45.6. The zero-order chi connectivity index (χ0) is 74.0. The van der Waals surface area contributed by atoms with Gasteiger partial charge in [0.15, 0.2) is 30.8 Å². The van der Waals surface area contributed by atoms with Crippen LogP contribution in [0, 0.1) is 17.8 Å². The Balaban J connectivity index is 0.000000380. The first-order chi connectivity index (χ1) is 46.1. The maximum Gasteiger partial charge on any atom is 0.342 e. The van der Waals surface area contributed by atoms with Gasteiger partial charge < -0.3 is 71.5 Å². The molecule has 0 aliphatic carbocycles. The molecule has 2 fully saturated rings. The largest absolute Gasteiger partial charge is 0.497 e. The van der Waals surface area contributed by atoms with Crippen LogP contribution in [-0.2, 0) is 42.3 Å². The molecule has 4 aromatic rings. The first kappa shape index (κ1) is 83.6. The van der Waals surface area contributed by atoms with Crippen LogP contribution in [0.1, 0.15) is 128 Å². The van der Waals surface area contributed by atoms with Crippen LogP contribution in [0.4, 0.5) is 8.78 Å². The van der Waals surface area contributed by atoms with Crippen LogP contribution in [0.2, 0.25) is 56.4 Å². The highest BCUT2D eigenvalue weighted by Gasteiger charge is 2.53. The van der Waals surface area contributed by atoms with Gasteiger partial charge in [-0.3, -0.25) is 0 Å². The molecule has 99 heavy (non-hydrogen) atoms. The van der Waals surface area contributed by atoms with Crippen molar-refractivity contribution in [1.29, 1.82) is 0 Å². The van der Waals surface area contributed by atoms with E-state index in [1.165, 1.54) is 54.4 Å². The highest BCUT2D eigenvalue weighted by atomic mass is 28.4. The van der Waals surface area contributed by atoms with E-state index in [0.29, 0.717) is 42.3 Å². The van der Waals surface area contributed by atoms with Crippen LogP contribution in [0.5, 0.6) is 23.0 Å². The van der Waals surface area contributed by atoms with Crippen LogP contribution in [0.25, 0.3) is 12.2 Å². The quantitative estimate of drug-likeness (QED) is 0.0154. The Hall–Kier alpha value is -6.05. The molecule has 17 nitrogen and oxygen atoms in total. The summed E-state index contributed by atoms with van der Waals surface area (Å²) in [6.07, 6.45) is 4.36. The number of halogens is 2. The maximum absolute atomic E-state index is 16.8. The SMILES string of the molecule is COCOc1cc(OC)cc(/C=C/C[C@@H]2OC(C)(C)OC2C(O)/C=C\C(C)(F)C(C)C)c1C(=O)OCC[Si](C)(C)C.COCOc1cc(OC)cc(/C=C/C[C@@H]2OC(C)(C)OC2C(O)C#CC(C)(F)C(C)O[Si](c2ccccc2)(c2ccccc2)C(C)(C)C)c1C(=O)OCC[Si](C)(C)C. The second-order valence-electron chi connectivity index (χ2n) is 30.1. The molecule has 0 radical (unpaired) electrons. The summed E-state index contributed by atoms with van der Waals surface area (Å²) < 4.78 is 107. The third-order valence-electron chi connectivity index (χ3n) is 17.1. The molecule has 0 bridgehead atoms. The summed E-state index contributed by atoms with van der Waals surface area (Å²) in [4.78, 5) is 26.8. The fraction of sp³-hybridized carbons (Fsp3) is 0.558. The minimum Gasteiger partial charge on any atom is -0.497 e. The number of alkyl halides is 2. The van der Waals surface area contributed by atoms with Gasteiger partial charge in [-0.1, -0.05) is 177 Å². The molecule has 2 N–H and O–H groups in total. The van der Waals surface area contributed by atoms with Crippen molar-refractivity contribution in [3.63, 3.8) is 0 Å². The first-order valence-corrected chi connectivity index (χ1v) is 43.3. The molecule has 2 aliphatic heterocycles. The van der Waals surface area contributed by atoms with Gasteiger partial charge in [-0.25, -0.2) is 18.4 Å². The number of allylic oxidation sites excluding steroid dienone is 1. The standard InChI is InChI=1S/C46H63FO9Si2.C31H49FO8Si/c1-33(56-58(44(2,3)4,36-21-15-13-16-22-36)37-23-17-14-18-24-37)46(7,47)27-26-38(48)42-39(54-45(5,6)55-42)25-19-20-34-30-35(51-9)31-40(53-32-50-8)41(34)43(49)52-28-29-57(10,11)12;1-21(2)31(5,32)15-14-24(33)28-25(39-30(3,4)40-28)13-11-12-22-18-23(36-7)19-26(38-20-35-6)27(22)29(34)37-16-17-41(8,9)10/h13-24,30-31,33,38-39,42,48H,25,28-29,32H2,1-12H3;11-12,14-15,18-19,21,24-25,28,33H,13,16-17,20H2,1-10H3/b20-19+;12-11+,15-14-/t33?,38?,39-,42?,46?;24?,25-,28?,31?/m00/s1. The van der Waals surface area contributed by atoms with Crippen molar-refractivity contribution in [2.45, 2.75) is 218 Å². The van der Waals surface area contributed by atoms with E-state index in [0.717, 1.165) is 22.5 Å². The normalized spacial score (nSPS) is 20.1. The molecule has 4 aromatic carbocycles. The molecule has 2 saturated heterocycles. The van der Waals surface area contributed by atoms with Crippen LogP contribution in [0.3, 0.4) is 0 Å². The molecular weight excluding hydrogens is 1320 g/mol. The third-order valence-corrected chi connectivity index (χ3v) is 25.6. The van der Waals surface area contributed by atoms with E-state index in [-0.39, 0.29) is 53.6 Å². The third kappa shape index (κ3) is 24.6. The van der Waals surface area contributed by atoms with Crippen LogP contribution in [0.15, 0.2) is 109 Å². The van der Waals surface area contributed by atoms with Crippen molar-refractivity contribution < 1.29 is 89.9 Å². The van der Waals surface area contributed by atoms with Gasteiger partial charge in [-0.2, -0.15) is 0 Å². The fourth-order valence-electron chi connectivity index (χ4n) is 11.0. The molecule has 22 heteroatoms. The summed E-state index contributed by atoms with van der Waals surface area (Å²) in [6, 6.07) is 28.4. The van der Waals surface area contributed by atoms with Crippen LogP contribution < -0.4 is 29.3 Å². The van der Waals surface area contributed by atoms with Gasteiger partial charge in [0.05, 0.1) is 45.7 Å². The summed E-state index contributed by atoms with van der Waals surface area (Å²) in [5, 5.41) is 24.0. The lowest BCUT2D eigenvalue weighted by Gasteiger charge is -2.45. The number of esters is 2. The summed E-state index contributed by atoms with van der Waals surface area (Å²) >= 11 is 0. The lowest BCUT2D eigenvalue weighted by Crippen LogP contribution is -2.68. The fourth-order valence-corrected chi connectivity index (χ4v) is 17.2. The number of hydrogen-bond donors (Lipinski definition) is 2. The number of aliphatic hydroxyl groups is 2. The number of aliphatic hydroxyl groups excluding tert-OH is 2. The molecule has 548 valence electrons. The molecule has 0 aromatic heterocycles. The molecule has 0 spiro atoms. The van der Waals surface area contributed by atoms with Gasteiger partial charge in [-0.15, -0.1) is 0 Å². The molecule has 9 atom stereocenters. The summed E-state index contributed by atoms with van der Waals surface area (Å²) in [5.41, 5.74) is -2.19. The van der Waals surface area contributed by atoms with E-state index in [1.807, 2.05) is 48.6 Å². The number of benzene rings is 4. The smallest absolute Gasteiger partial charge is 0.342 e. The number of hydrogen-bond acceptors (Lipinski definition) is 17. The average molecular weight is 1430 g/mol. The Morgan fingerprint density at radius 3 is 1.42 bits per heavy atom. The highest BCUT2D eigenvalue weighted by molar-refractivity contribution is 6.99. The first-order valence-electron chi connectivity index (χ1n) is 33.9. The van der Waals surface area contributed by atoms with E-state index in [2.05, 4.69) is 96.2 Å². The zero-order valence-electron chi connectivity index (χ0n) is 62.6. The number of carbonyl (C=O) groups excluding carboxylic acids is 2. The lowest BCUT2D eigenvalue weighted by atomic mass is 9.93. The maximum atomic E-state index is 16.8. The Morgan fingerprint density at radius 2 is 1.04 bits per heavy atom. The summed E-state index contributed by atoms with van der Waals surface area (Å²) in [6.45, 7) is 35.3. The second kappa shape index (κ2) is 36.2. The number of methoxy groups -OCH3 is 4. The summed E-state index contributed by atoms with van der Waals surface area (Å²) in [7, 11) is 0.0832. The van der Waals surface area contributed by atoms with Gasteiger partial charge in [-0.05, 0) is 124 Å². The zero-order valence-corrected chi connectivity index (χ0v) is 65.6. The van der Waals surface area contributed by atoms with Crippen LogP contribution in [-0.4, -0.2) is 167 Å². The predicted octanol–water partition coefficient (Wildman–Crippen LogP) is 14.6. The van der Waals surface area contributed by atoms with E-state index in [4.69, 9.17) is 61.3 Å². The number of ether oxygens (including phenoxy) is 12. The van der Waals surface area contributed by atoms with Crippen molar-refractivity contribution in [2.24, 2.45) is 5.92 Å². The molecule has 6 rings (SSSR count). The van der Waals surface area contributed by atoms with E-state index < -0.39 is 102 Å². The van der Waals surface area contributed by atoms with E-state index >= 15 is 4.39 Å². The Morgan fingerprint density at radius 1 is 0.626 bits per heavy atom. The monoisotopic (exact) mass is 1430 g/mol. The Kier molecular flexibility index (Phi) is 30.6. The summed E-state index contributed by atoms with van der Waals surface area (Å²) in [5.74, 6) is 3.71. The Labute approximate surface area is 591 Å². The molecular formula is C77H112F2O17Si3. The van der Waals surface area contributed by atoms with Gasteiger partial charge in [0.2, 0.25) is 0 Å². The predicted molar refractivity (Wildman–Crippen MR) is 394 cm³/mol. The van der Waals surface area contributed by atoms with Gasteiger partial charge >= 0.3 is 11.9 Å². The minimum absolute atomic E-state index is 0.0599. The van der Waals surface area contributed by atoms with Crippen molar-refractivity contribution >= 4 is 58.9 Å². The van der Waals surface area contributed by atoms with Gasteiger partial charge in [0.25, 0.3) is 8.32 Å². The van der Waals surface area contributed by atoms with Gasteiger partial charge in [0.1, 0.15) is 64.2 Å². The molecule has 7 unspecified atom stereocenters. The van der Waals surface area contributed by atoms with E-state index in [1.54, 1.807) is 84.9 Å². The van der Waals surface area contributed by atoms with Gasteiger partial charge in [0, 0.05) is 42.5 Å². The van der Waals surface area contributed by atoms with Crippen molar-refractivity contribution in [2.75, 3.05) is 55.2 Å². The molecule has 0 saturated carbocycles. The Bertz CT molecular complexity index is 3340. The average Bonchev–Trinajstić information content (AvgIpc) is 1.52. The number of carbonyl (C=O) groups is 2. The van der Waals surface area contributed by atoms with Crippen LogP contribution >= 0.6 is 0 Å². The van der Waals surface area contributed by atoms with E-state index in [9.17, 15) is 24.2 Å². The topological polar surface area (TPSA) is 195 Å².